The Morgan fingerprint density at radius 1 is 0.500 bits per heavy atom. The third-order valence-corrected chi connectivity index (χ3v) is 8.83. The summed E-state index contributed by atoms with van der Waals surface area (Å²) in [6.45, 7) is 4.31. The predicted molar refractivity (Wildman–Crippen MR) is 179 cm³/mol. The zero-order valence-electron chi connectivity index (χ0n) is 24.3. The third-order valence-electron chi connectivity index (χ3n) is 8.83. The number of fused-ring (bicyclic) bond motifs is 6. The maximum absolute atomic E-state index is 9.99. The molecule has 0 spiro atoms. The normalized spacial score (nSPS) is 11.4. The highest BCUT2D eigenvalue weighted by atomic mass is 15.0. The quantitative estimate of drug-likeness (QED) is 0.215. The fourth-order valence-electron chi connectivity index (χ4n) is 6.92. The monoisotopic (exact) mass is 562 g/mol. The number of para-hydroxylation sites is 4. The fraction of sp³-hybridized carbons (Fsp3) is 0.0500. The molecule has 4 nitrogen and oxygen atoms in total. The minimum Gasteiger partial charge on any atom is -0.309 e. The second-order valence-electron chi connectivity index (χ2n) is 11.3. The van der Waals surface area contributed by atoms with Crippen LogP contribution in [0.3, 0.4) is 0 Å². The van der Waals surface area contributed by atoms with E-state index >= 15 is 0 Å². The molecule has 0 N–H and O–H groups in total. The van der Waals surface area contributed by atoms with Gasteiger partial charge in [0.25, 0.3) is 0 Å². The molecule has 6 aromatic carbocycles. The first-order chi connectivity index (χ1) is 21.6. The molecular formula is C40H26N4. The van der Waals surface area contributed by atoms with Crippen molar-refractivity contribution in [3.8, 4) is 34.6 Å². The summed E-state index contributed by atoms with van der Waals surface area (Å²) in [6, 6.07) is 46.6. The van der Waals surface area contributed by atoms with E-state index in [0.717, 1.165) is 55.3 Å². The molecule has 0 radical (unpaired) electrons. The SMILES string of the molecule is Cc1cccc(C)c1-n1c2ccccc2c2cc(-n3c4ccccc4c4ccccc43)cc(-c3ccc(C#N)c(C#N)c3)c21. The van der Waals surface area contributed by atoms with E-state index in [0.29, 0.717) is 11.1 Å². The summed E-state index contributed by atoms with van der Waals surface area (Å²) in [5.74, 6) is 0. The highest BCUT2D eigenvalue weighted by molar-refractivity contribution is 6.16. The van der Waals surface area contributed by atoms with Gasteiger partial charge in [-0.2, -0.15) is 10.5 Å². The first-order valence-corrected chi connectivity index (χ1v) is 14.7. The van der Waals surface area contributed by atoms with Crippen molar-refractivity contribution in [1.29, 1.82) is 10.5 Å². The van der Waals surface area contributed by atoms with E-state index in [-0.39, 0.29) is 0 Å². The number of nitrogens with zero attached hydrogens (tertiary/aromatic N) is 4. The summed E-state index contributed by atoms with van der Waals surface area (Å²) < 4.78 is 4.72. The summed E-state index contributed by atoms with van der Waals surface area (Å²) in [5, 5.41) is 24.4. The Morgan fingerprint density at radius 3 is 1.64 bits per heavy atom. The fourth-order valence-corrected chi connectivity index (χ4v) is 6.92. The summed E-state index contributed by atoms with van der Waals surface area (Å²) in [4.78, 5) is 0. The lowest BCUT2D eigenvalue weighted by atomic mass is 9.97. The smallest absolute Gasteiger partial charge is 0.101 e. The van der Waals surface area contributed by atoms with Gasteiger partial charge in [0.1, 0.15) is 12.1 Å². The number of benzene rings is 6. The van der Waals surface area contributed by atoms with Gasteiger partial charge in [-0.15, -0.1) is 0 Å². The summed E-state index contributed by atoms with van der Waals surface area (Å²) in [6.07, 6.45) is 0. The molecule has 0 fully saturated rings. The molecule has 8 rings (SSSR count). The van der Waals surface area contributed by atoms with Crippen LogP contribution >= 0.6 is 0 Å². The van der Waals surface area contributed by atoms with Crippen LogP contribution in [0.5, 0.6) is 0 Å². The Kier molecular flexibility index (Phi) is 5.66. The average molecular weight is 563 g/mol. The van der Waals surface area contributed by atoms with Crippen molar-refractivity contribution in [1.82, 2.24) is 9.13 Å². The highest BCUT2D eigenvalue weighted by Gasteiger charge is 2.22. The number of hydrogen-bond acceptors (Lipinski definition) is 2. The van der Waals surface area contributed by atoms with E-state index in [4.69, 9.17) is 0 Å². The molecule has 0 unspecified atom stereocenters. The molecule has 206 valence electrons. The van der Waals surface area contributed by atoms with Crippen LogP contribution in [0.1, 0.15) is 22.3 Å². The topological polar surface area (TPSA) is 57.4 Å². The van der Waals surface area contributed by atoms with Gasteiger partial charge in [-0.25, -0.2) is 0 Å². The Morgan fingerprint density at radius 2 is 1.05 bits per heavy atom. The molecule has 2 heterocycles. The van der Waals surface area contributed by atoms with Crippen molar-refractivity contribution in [2.45, 2.75) is 13.8 Å². The largest absolute Gasteiger partial charge is 0.309 e. The second-order valence-corrected chi connectivity index (χ2v) is 11.3. The Hall–Kier alpha value is -6.10. The number of hydrogen-bond donors (Lipinski definition) is 0. The second kappa shape index (κ2) is 9.73. The lowest BCUT2D eigenvalue weighted by molar-refractivity contribution is 1.12. The van der Waals surface area contributed by atoms with E-state index in [1.165, 1.54) is 21.9 Å². The van der Waals surface area contributed by atoms with Gasteiger partial charge in [-0.3, -0.25) is 0 Å². The van der Waals surface area contributed by atoms with Gasteiger partial charge in [0, 0.05) is 32.8 Å². The lowest BCUT2D eigenvalue weighted by Crippen LogP contribution is -2.02. The van der Waals surface area contributed by atoms with Crippen molar-refractivity contribution in [3.05, 3.63) is 144 Å². The van der Waals surface area contributed by atoms with Crippen molar-refractivity contribution < 1.29 is 0 Å². The zero-order chi connectivity index (χ0) is 29.9. The van der Waals surface area contributed by atoms with Crippen LogP contribution in [0.2, 0.25) is 0 Å². The van der Waals surface area contributed by atoms with Gasteiger partial charge in [0.05, 0.1) is 38.9 Å². The van der Waals surface area contributed by atoms with Crippen molar-refractivity contribution >= 4 is 43.6 Å². The van der Waals surface area contributed by atoms with Crippen LogP contribution < -0.4 is 0 Å². The Labute approximate surface area is 254 Å². The molecular weight excluding hydrogens is 536 g/mol. The predicted octanol–water partition coefficient (Wildman–Crippen LogP) is 9.91. The number of aromatic nitrogens is 2. The summed E-state index contributed by atoms with van der Waals surface area (Å²) in [7, 11) is 0. The van der Waals surface area contributed by atoms with E-state index in [2.05, 4.69) is 138 Å². The van der Waals surface area contributed by atoms with Gasteiger partial charge in [-0.05, 0) is 73.0 Å². The third kappa shape index (κ3) is 3.62. The van der Waals surface area contributed by atoms with Crippen LogP contribution in [-0.4, -0.2) is 9.13 Å². The van der Waals surface area contributed by atoms with Crippen molar-refractivity contribution in [2.24, 2.45) is 0 Å². The molecule has 44 heavy (non-hydrogen) atoms. The van der Waals surface area contributed by atoms with Crippen LogP contribution in [0, 0.1) is 36.5 Å². The first kappa shape index (κ1) is 25.6. The average Bonchev–Trinajstić information content (AvgIpc) is 3.57. The van der Waals surface area contributed by atoms with Gasteiger partial charge in [-0.1, -0.05) is 78.9 Å². The highest BCUT2D eigenvalue weighted by Crippen LogP contribution is 2.43. The molecule has 4 heteroatoms. The van der Waals surface area contributed by atoms with Crippen LogP contribution in [-0.2, 0) is 0 Å². The number of aryl methyl sites for hydroxylation is 2. The minimum absolute atomic E-state index is 0.371. The Bertz CT molecular complexity index is 2470. The molecule has 2 aromatic heterocycles. The van der Waals surface area contributed by atoms with Gasteiger partial charge < -0.3 is 9.13 Å². The lowest BCUT2D eigenvalue weighted by Gasteiger charge is -2.18. The molecule has 0 atom stereocenters. The summed E-state index contributed by atoms with van der Waals surface area (Å²) in [5.41, 5.74) is 11.7. The molecule has 0 aliphatic rings. The Balaban J connectivity index is 1.59. The molecule has 0 bridgehead atoms. The van der Waals surface area contributed by atoms with Crippen LogP contribution in [0.15, 0.2) is 121 Å². The number of nitriles is 2. The van der Waals surface area contributed by atoms with Crippen LogP contribution in [0.25, 0.3) is 66.1 Å². The van der Waals surface area contributed by atoms with Crippen molar-refractivity contribution in [3.63, 3.8) is 0 Å². The van der Waals surface area contributed by atoms with E-state index in [9.17, 15) is 10.5 Å². The van der Waals surface area contributed by atoms with Gasteiger partial charge >= 0.3 is 0 Å². The molecule has 0 amide bonds. The van der Waals surface area contributed by atoms with E-state index < -0.39 is 0 Å². The molecule has 0 aliphatic carbocycles. The maximum atomic E-state index is 9.99. The molecule has 0 saturated carbocycles. The van der Waals surface area contributed by atoms with Gasteiger partial charge in [0.15, 0.2) is 0 Å². The molecule has 0 saturated heterocycles. The van der Waals surface area contributed by atoms with Crippen molar-refractivity contribution in [2.75, 3.05) is 0 Å². The standard InChI is InChI=1S/C40H26N4/c1-25-10-9-11-26(2)39(25)44-38-17-8-5-14-33(38)35-22-30(21-34(40(35)44)27-18-19-28(23-41)29(20-27)24-42)43-36-15-6-3-12-31(36)32-13-4-7-16-37(32)43/h3-22H,1-2H3. The molecule has 0 aliphatic heterocycles. The van der Waals surface area contributed by atoms with E-state index in [1.54, 1.807) is 6.07 Å². The first-order valence-electron chi connectivity index (χ1n) is 14.7. The minimum atomic E-state index is 0.371. The summed E-state index contributed by atoms with van der Waals surface area (Å²) >= 11 is 0. The zero-order valence-corrected chi connectivity index (χ0v) is 24.3. The number of rotatable bonds is 3. The van der Waals surface area contributed by atoms with Gasteiger partial charge in [0.2, 0.25) is 0 Å². The van der Waals surface area contributed by atoms with Crippen LogP contribution in [0.4, 0.5) is 0 Å². The maximum Gasteiger partial charge on any atom is 0.101 e. The van der Waals surface area contributed by atoms with E-state index in [1.807, 2.05) is 12.1 Å². The molecule has 8 aromatic rings.